The third-order valence-electron chi connectivity index (χ3n) is 2.97. The molecular weight excluding hydrogens is 351 g/mol. The van der Waals surface area contributed by atoms with Crippen molar-refractivity contribution in [1.29, 1.82) is 0 Å². The number of carboxylic acids is 1. The van der Waals surface area contributed by atoms with Crippen LogP contribution in [0.2, 0.25) is 0 Å². The predicted molar refractivity (Wildman–Crippen MR) is 80.9 cm³/mol. The Kier molecular flexibility index (Phi) is 5.10. The minimum Gasteiger partial charge on any atom is -0.550 e. The van der Waals surface area contributed by atoms with E-state index in [1.165, 1.54) is 18.2 Å². The van der Waals surface area contributed by atoms with Crippen molar-refractivity contribution in [2.75, 3.05) is 6.54 Å². The average Bonchev–Trinajstić information content (AvgIpc) is 2.70. The zero-order valence-electron chi connectivity index (χ0n) is 11.4. The number of rotatable bonds is 4. The summed E-state index contributed by atoms with van der Waals surface area (Å²) in [4.78, 5) is 23.7. The summed E-state index contributed by atoms with van der Waals surface area (Å²) in [6, 6.07) is 4.85. The molecule has 0 aliphatic carbocycles. The van der Waals surface area contributed by atoms with Gasteiger partial charge in [-0.25, -0.2) is 0 Å². The quantitative estimate of drug-likeness (QED) is 0.608. The number of hydrogen-bond donors (Lipinski definition) is 0. The van der Waals surface area contributed by atoms with Crippen LogP contribution in [0.1, 0.15) is 17.5 Å². The van der Waals surface area contributed by atoms with E-state index < -0.39 is 30.0 Å². The van der Waals surface area contributed by atoms with Crippen LogP contribution in [0.4, 0.5) is 13.2 Å². The molecule has 0 atom stereocenters. The van der Waals surface area contributed by atoms with Gasteiger partial charge in [0, 0.05) is 18.9 Å². The van der Waals surface area contributed by atoms with Crippen molar-refractivity contribution >= 4 is 46.3 Å². The number of alkyl halides is 3. The maximum absolute atomic E-state index is 13.0. The van der Waals surface area contributed by atoms with E-state index in [0.717, 1.165) is 28.8 Å². The summed E-state index contributed by atoms with van der Waals surface area (Å²) in [5.74, 6) is -1.95. The third kappa shape index (κ3) is 4.11. The molecule has 23 heavy (non-hydrogen) atoms. The number of carboxylic acid groups (broad SMARTS) is 1. The number of benzene rings is 1. The highest BCUT2D eigenvalue weighted by Gasteiger charge is 2.35. The van der Waals surface area contributed by atoms with Crippen molar-refractivity contribution in [3.8, 4) is 0 Å². The van der Waals surface area contributed by atoms with Gasteiger partial charge in [0.2, 0.25) is 0 Å². The van der Waals surface area contributed by atoms with E-state index in [-0.39, 0.29) is 21.3 Å². The Morgan fingerprint density at radius 3 is 2.61 bits per heavy atom. The van der Waals surface area contributed by atoms with Crippen LogP contribution in [0, 0.1) is 0 Å². The van der Waals surface area contributed by atoms with Crippen LogP contribution in [-0.2, 0) is 15.8 Å². The molecule has 2 rings (SSSR count). The number of aliphatic carboxylic acids is 1. The summed E-state index contributed by atoms with van der Waals surface area (Å²) in [6.45, 7) is -0.175. The molecule has 0 N–H and O–H groups in total. The number of hydrogen-bond acceptors (Lipinski definition) is 5. The maximum Gasteiger partial charge on any atom is 0.416 e. The largest absolute Gasteiger partial charge is 0.550 e. The van der Waals surface area contributed by atoms with Gasteiger partial charge >= 0.3 is 6.18 Å². The zero-order chi connectivity index (χ0) is 17.2. The van der Waals surface area contributed by atoms with E-state index in [2.05, 4.69) is 0 Å². The van der Waals surface area contributed by atoms with E-state index in [0.29, 0.717) is 0 Å². The van der Waals surface area contributed by atoms with Gasteiger partial charge in [0.1, 0.15) is 4.32 Å². The fourth-order valence-electron chi connectivity index (χ4n) is 1.92. The highest BCUT2D eigenvalue weighted by Crippen LogP contribution is 2.36. The van der Waals surface area contributed by atoms with E-state index >= 15 is 0 Å². The highest BCUT2D eigenvalue weighted by atomic mass is 32.2. The fraction of sp³-hybridized carbons (Fsp3) is 0.214. The summed E-state index contributed by atoms with van der Waals surface area (Å²) in [7, 11) is 0. The van der Waals surface area contributed by atoms with Gasteiger partial charge in [-0.3, -0.25) is 9.69 Å². The molecule has 1 aliphatic heterocycles. The number of thioether (sulfide) groups is 1. The van der Waals surface area contributed by atoms with Gasteiger partial charge in [-0.1, -0.05) is 42.2 Å². The Bertz CT molecular complexity index is 701. The first-order valence-electron chi connectivity index (χ1n) is 6.31. The Balaban J connectivity index is 2.30. The maximum atomic E-state index is 13.0. The summed E-state index contributed by atoms with van der Waals surface area (Å²) in [5, 5.41) is 10.5. The van der Waals surface area contributed by atoms with E-state index in [4.69, 9.17) is 12.2 Å². The SMILES string of the molecule is O=C([O-])CCN1C(=O)/C(=C\c2ccccc2C(F)(F)F)SC1=S. The molecule has 1 saturated heterocycles. The standard InChI is InChI=1S/C14H10F3NO3S2/c15-14(16,17)9-4-2-1-3-8(9)7-10-12(21)18(13(22)23-10)6-5-11(19)20/h1-4,7H,5-6H2,(H,19,20)/p-1/b10-7+. The van der Waals surface area contributed by atoms with Crippen LogP contribution in [0.3, 0.4) is 0 Å². The monoisotopic (exact) mass is 360 g/mol. The number of amides is 1. The van der Waals surface area contributed by atoms with Gasteiger partial charge in [0.05, 0.1) is 10.5 Å². The number of carbonyl (C=O) groups excluding carboxylic acids is 2. The topological polar surface area (TPSA) is 60.4 Å². The first kappa shape index (κ1) is 17.5. The molecule has 0 bridgehead atoms. The van der Waals surface area contributed by atoms with Gasteiger partial charge < -0.3 is 9.90 Å². The normalized spacial score (nSPS) is 17.2. The molecule has 0 spiro atoms. The van der Waals surface area contributed by atoms with Crippen molar-refractivity contribution in [1.82, 2.24) is 4.90 Å². The first-order chi connectivity index (χ1) is 10.7. The summed E-state index contributed by atoms with van der Waals surface area (Å²) < 4.78 is 39.0. The van der Waals surface area contributed by atoms with Crippen LogP contribution in [0.25, 0.3) is 6.08 Å². The molecule has 0 radical (unpaired) electrons. The molecular formula is C14H9F3NO3S2-. The van der Waals surface area contributed by atoms with Crippen molar-refractivity contribution in [3.63, 3.8) is 0 Å². The van der Waals surface area contributed by atoms with E-state index in [1.807, 2.05) is 0 Å². The van der Waals surface area contributed by atoms with Gasteiger partial charge in [-0.15, -0.1) is 0 Å². The minimum absolute atomic E-state index is 0.0186. The van der Waals surface area contributed by atoms with Crippen molar-refractivity contribution in [2.24, 2.45) is 0 Å². The Labute approximate surface area is 139 Å². The first-order valence-corrected chi connectivity index (χ1v) is 7.54. The second-order valence-electron chi connectivity index (χ2n) is 4.54. The van der Waals surface area contributed by atoms with Crippen molar-refractivity contribution in [2.45, 2.75) is 12.6 Å². The van der Waals surface area contributed by atoms with Crippen molar-refractivity contribution < 1.29 is 27.9 Å². The molecule has 1 fully saturated rings. The number of halogens is 3. The smallest absolute Gasteiger partial charge is 0.416 e. The molecule has 0 aromatic heterocycles. The number of thiocarbonyl (C=S) groups is 1. The van der Waals surface area contributed by atoms with Gasteiger partial charge in [-0.05, 0) is 17.7 Å². The lowest BCUT2D eigenvalue weighted by Gasteiger charge is -2.14. The molecule has 0 unspecified atom stereocenters. The lowest BCUT2D eigenvalue weighted by Crippen LogP contribution is -2.33. The molecule has 1 aromatic rings. The molecule has 1 heterocycles. The van der Waals surface area contributed by atoms with Gasteiger partial charge in [-0.2, -0.15) is 13.2 Å². The molecule has 1 aromatic carbocycles. The predicted octanol–water partition coefficient (Wildman–Crippen LogP) is 2.05. The van der Waals surface area contributed by atoms with Crippen molar-refractivity contribution in [3.05, 3.63) is 40.3 Å². The minimum atomic E-state index is -4.55. The second kappa shape index (κ2) is 6.71. The number of carbonyl (C=O) groups is 2. The summed E-state index contributed by atoms with van der Waals surface area (Å²) >= 11 is 5.80. The van der Waals surface area contributed by atoms with E-state index in [9.17, 15) is 27.9 Å². The highest BCUT2D eigenvalue weighted by molar-refractivity contribution is 8.26. The number of nitrogens with zero attached hydrogens (tertiary/aromatic N) is 1. The molecule has 1 amide bonds. The molecule has 0 saturated carbocycles. The Morgan fingerprint density at radius 2 is 2.00 bits per heavy atom. The molecule has 9 heteroatoms. The van der Waals surface area contributed by atoms with Gasteiger partial charge in [0.25, 0.3) is 5.91 Å². The van der Waals surface area contributed by atoms with Crippen LogP contribution in [0.5, 0.6) is 0 Å². The van der Waals surface area contributed by atoms with Crippen LogP contribution >= 0.6 is 24.0 Å². The molecule has 122 valence electrons. The zero-order valence-corrected chi connectivity index (χ0v) is 13.1. The lowest BCUT2D eigenvalue weighted by molar-refractivity contribution is -0.305. The summed E-state index contributed by atoms with van der Waals surface area (Å²) in [5.41, 5.74) is -1.01. The van der Waals surface area contributed by atoms with Crippen LogP contribution < -0.4 is 5.11 Å². The Hall–Kier alpha value is -1.87. The second-order valence-corrected chi connectivity index (χ2v) is 6.22. The lowest BCUT2D eigenvalue weighted by atomic mass is 10.1. The molecule has 4 nitrogen and oxygen atoms in total. The average molecular weight is 360 g/mol. The van der Waals surface area contributed by atoms with Crippen LogP contribution in [-0.4, -0.2) is 27.6 Å². The third-order valence-corrected chi connectivity index (χ3v) is 4.34. The Morgan fingerprint density at radius 1 is 1.35 bits per heavy atom. The van der Waals surface area contributed by atoms with Crippen LogP contribution in [0.15, 0.2) is 29.2 Å². The fourth-order valence-corrected chi connectivity index (χ4v) is 3.22. The van der Waals surface area contributed by atoms with E-state index in [1.54, 1.807) is 0 Å². The van der Waals surface area contributed by atoms with Gasteiger partial charge in [0.15, 0.2) is 0 Å². The molecule has 1 aliphatic rings. The summed E-state index contributed by atoms with van der Waals surface area (Å²) in [6.07, 6.45) is -3.84.